The molecule has 0 spiro atoms. The van der Waals surface area contributed by atoms with Crippen LogP contribution in [0, 0.1) is 12.8 Å². The lowest BCUT2D eigenvalue weighted by atomic mass is 10.1. The van der Waals surface area contributed by atoms with Gasteiger partial charge < -0.3 is 15.5 Å². The van der Waals surface area contributed by atoms with E-state index in [1.165, 1.54) is 4.70 Å². The Morgan fingerprint density at radius 1 is 1.24 bits per heavy atom. The van der Waals surface area contributed by atoms with E-state index in [0.29, 0.717) is 5.92 Å². The molecule has 0 saturated heterocycles. The first-order valence-electron chi connectivity index (χ1n) is 7.43. The summed E-state index contributed by atoms with van der Waals surface area (Å²) >= 11 is 1.70. The van der Waals surface area contributed by atoms with Gasteiger partial charge in [-0.1, -0.05) is 13.8 Å². The molecule has 0 aliphatic heterocycles. The normalized spacial score (nSPS) is 11.8. The average Bonchev–Trinajstić information content (AvgIpc) is 2.72. The topological polar surface area (TPSA) is 45.4 Å². The number of aromatic nitrogens is 1. The van der Waals surface area contributed by atoms with Crippen molar-refractivity contribution >= 4 is 32.9 Å². The molecule has 2 N–H and O–H groups in total. The minimum Gasteiger partial charge on any atom is -0.397 e. The van der Waals surface area contributed by atoms with Gasteiger partial charge in [0.25, 0.3) is 0 Å². The van der Waals surface area contributed by atoms with Crippen LogP contribution in [0.2, 0.25) is 0 Å². The smallest absolute Gasteiger partial charge is 0.0907 e. The molecule has 1 heterocycles. The largest absolute Gasteiger partial charge is 0.397 e. The van der Waals surface area contributed by atoms with Gasteiger partial charge in [0.1, 0.15) is 0 Å². The van der Waals surface area contributed by atoms with Gasteiger partial charge in [0, 0.05) is 19.6 Å². The highest BCUT2D eigenvalue weighted by Crippen LogP contribution is 2.32. The van der Waals surface area contributed by atoms with Crippen molar-refractivity contribution in [1.29, 1.82) is 0 Å². The molecule has 21 heavy (non-hydrogen) atoms. The highest BCUT2D eigenvalue weighted by atomic mass is 32.1. The maximum atomic E-state index is 6.30. The number of rotatable bonds is 6. The lowest BCUT2D eigenvalue weighted by molar-refractivity contribution is 0.409. The van der Waals surface area contributed by atoms with Crippen LogP contribution in [0.5, 0.6) is 0 Å². The standard InChI is InChI=1S/C16H26N4S/c1-11(2)10-20(7-6-19(4)5)15-9-14-16(8-13(15)17)21-12(3)18-14/h8-9,11H,6-7,10,17H2,1-5H3. The number of hydrogen-bond donors (Lipinski definition) is 1. The van der Waals surface area contributed by atoms with Gasteiger partial charge in [0.05, 0.1) is 26.6 Å². The Hall–Kier alpha value is -1.33. The van der Waals surface area contributed by atoms with Crippen LogP contribution in [0.25, 0.3) is 10.2 Å². The van der Waals surface area contributed by atoms with Gasteiger partial charge >= 0.3 is 0 Å². The van der Waals surface area contributed by atoms with Crippen molar-refractivity contribution in [1.82, 2.24) is 9.88 Å². The lowest BCUT2D eigenvalue weighted by Crippen LogP contribution is -2.34. The molecule has 1 aromatic heterocycles. The Morgan fingerprint density at radius 3 is 2.57 bits per heavy atom. The Balaban J connectivity index is 2.34. The summed E-state index contributed by atoms with van der Waals surface area (Å²) < 4.78 is 1.17. The van der Waals surface area contributed by atoms with E-state index in [-0.39, 0.29) is 0 Å². The number of aryl methyl sites for hydroxylation is 1. The summed E-state index contributed by atoms with van der Waals surface area (Å²) in [7, 11) is 4.20. The van der Waals surface area contributed by atoms with Crippen molar-refractivity contribution in [3.8, 4) is 0 Å². The summed E-state index contributed by atoms with van der Waals surface area (Å²) in [5.74, 6) is 0.597. The number of hydrogen-bond acceptors (Lipinski definition) is 5. The SMILES string of the molecule is Cc1nc2cc(N(CCN(C)C)CC(C)C)c(N)cc2s1. The van der Waals surface area contributed by atoms with Gasteiger partial charge in [0.15, 0.2) is 0 Å². The zero-order valence-electron chi connectivity index (χ0n) is 13.7. The number of likely N-dealkylation sites (N-methyl/N-ethyl adjacent to an activating group) is 1. The van der Waals surface area contributed by atoms with E-state index in [1.807, 2.05) is 6.92 Å². The summed E-state index contributed by atoms with van der Waals surface area (Å²) in [6, 6.07) is 4.21. The zero-order valence-corrected chi connectivity index (χ0v) is 14.5. The number of nitrogen functional groups attached to an aromatic ring is 1. The van der Waals surface area contributed by atoms with Gasteiger partial charge in [-0.3, -0.25) is 0 Å². The van der Waals surface area contributed by atoms with Gasteiger partial charge in [-0.05, 0) is 39.1 Å². The molecule has 0 aliphatic rings. The fraction of sp³-hybridized carbons (Fsp3) is 0.562. The quantitative estimate of drug-likeness (QED) is 0.832. The van der Waals surface area contributed by atoms with Crippen LogP contribution in [0.1, 0.15) is 18.9 Å². The monoisotopic (exact) mass is 306 g/mol. The molecular formula is C16H26N4S. The van der Waals surface area contributed by atoms with E-state index in [1.54, 1.807) is 11.3 Å². The fourth-order valence-corrected chi connectivity index (χ4v) is 3.30. The molecular weight excluding hydrogens is 280 g/mol. The second kappa shape index (κ2) is 6.62. The molecule has 0 bridgehead atoms. The highest BCUT2D eigenvalue weighted by Gasteiger charge is 2.14. The molecule has 0 aliphatic carbocycles. The number of fused-ring (bicyclic) bond motifs is 1. The minimum atomic E-state index is 0.597. The Labute approximate surface area is 131 Å². The third-order valence-corrected chi connectivity index (χ3v) is 4.32. The van der Waals surface area contributed by atoms with Crippen molar-refractivity contribution in [3.05, 3.63) is 17.1 Å². The predicted molar refractivity (Wildman–Crippen MR) is 94.4 cm³/mol. The number of benzene rings is 1. The van der Waals surface area contributed by atoms with Crippen LogP contribution in [0.15, 0.2) is 12.1 Å². The molecule has 5 heteroatoms. The first kappa shape index (κ1) is 16.0. The van der Waals surface area contributed by atoms with Gasteiger partial charge in [-0.25, -0.2) is 4.98 Å². The lowest BCUT2D eigenvalue weighted by Gasteiger charge is -2.29. The number of nitrogens with two attached hydrogens (primary N) is 1. The maximum absolute atomic E-state index is 6.30. The third-order valence-electron chi connectivity index (χ3n) is 3.39. The molecule has 0 saturated carbocycles. The summed E-state index contributed by atoms with van der Waals surface area (Å²) in [4.78, 5) is 9.18. The highest BCUT2D eigenvalue weighted by molar-refractivity contribution is 7.18. The van der Waals surface area contributed by atoms with Crippen molar-refractivity contribution in [2.24, 2.45) is 5.92 Å². The van der Waals surface area contributed by atoms with E-state index < -0.39 is 0 Å². The van der Waals surface area contributed by atoms with Gasteiger partial charge in [-0.2, -0.15) is 0 Å². The molecule has 0 fully saturated rings. The van der Waals surface area contributed by atoms with Crippen LogP contribution in [-0.4, -0.2) is 43.6 Å². The van der Waals surface area contributed by atoms with Crippen molar-refractivity contribution in [2.75, 3.05) is 44.4 Å². The van der Waals surface area contributed by atoms with Crippen LogP contribution in [-0.2, 0) is 0 Å². The number of nitrogens with zero attached hydrogens (tertiary/aromatic N) is 3. The van der Waals surface area contributed by atoms with E-state index in [4.69, 9.17) is 5.73 Å². The molecule has 0 radical (unpaired) electrons. The second-order valence-corrected chi connectivity index (χ2v) is 7.49. The third kappa shape index (κ3) is 4.08. The van der Waals surface area contributed by atoms with Gasteiger partial charge in [0.2, 0.25) is 0 Å². The molecule has 2 aromatic rings. The summed E-state index contributed by atoms with van der Waals surface area (Å²) in [5.41, 5.74) is 9.32. The Morgan fingerprint density at radius 2 is 1.95 bits per heavy atom. The first-order chi connectivity index (χ1) is 9.86. The predicted octanol–water partition coefficient (Wildman–Crippen LogP) is 3.21. The second-order valence-electron chi connectivity index (χ2n) is 6.25. The van der Waals surface area contributed by atoms with Crippen LogP contribution >= 0.6 is 11.3 Å². The van der Waals surface area contributed by atoms with Crippen LogP contribution in [0.4, 0.5) is 11.4 Å². The summed E-state index contributed by atoms with van der Waals surface area (Å²) in [6.45, 7) is 9.52. The van der Waals surface area contributed by atoms with Crippen LogP contribution < -0.4 is 10.6 Å². The Kier molecular flexibility index (Phi) is 5.06. The van der Waals surface area contributed by atoms with E-state index in [2.05, 4.69) is 54.9 Å². The average molecular weight is 306 g/mol. The minimum absolute atomic E-state index is 0.597. The number of anilines is 2. The van der Waals surface area contributed by atoms with E-state index in [9.17, 15) is 0 Å². The molecule has 2 rings (SSSR count). The van der Waals surface area contributed by atoms with E-state index in [0.717, 1.165) is 41.5 Å². The zero-order chi connectivity index (χ0) is 15.6. The Bertz CT molecular complexity index is 604. The molecule has 0 amide bonds. The fourth-order valence-electron chi connectivity index (χ4n) is 2.44. The molecule has 1 aromatic carbocycles. The van der Waals surface area contributed by atoms with Crippen LogP contribution in [0.3, 0.4) is 0 Å². The molecule has 116 valence electrons. The van der Waals surface area contributed by atoms with Crippen molar-refractivity contribution < 1.29 is 0 Å². The molecule has 4 nitrogen and oxygen atoms in total. The number of thiazole rings is 1. The molecule has 0 atom stereocenters. The summed E-state index contributed by atoms with van der Waals surface area (Å²) in [6.07, 6.45) is 0. The molecule has 0 unspecified atom stereocenters. The van der Waals surface area contributed by atoms with Crippen molar-refractivity contribution in [3.63, 3.8) is 0 Å². The van der Waals surface area contributed by atoms with E-state index >= 15 is 0 Å². The van der Waals surface area contributed by atoms with Gasteiger partial charge in [-0.15, -0.1) is 11.3 Å². The first-order valence-corrected chi connectivity index (χ1v) is 8.25. The maximum Gasteiger partial charge on any atom is 0.0907 e. The van der Waals surface area contributed by atoms with Crippen molar-refractivity contribution in [2.45, 2.75) is 20.8 Å². The summed E-state index contributed by atoms with van der Waals surface area (Å²) in [5, 5.41) is 1.09.